The molecule has 0 unspecified atom stereocenters. The molecule has 0 aromatic heterocycles. The van der Waals surface area contributed by atoms with E-state index in [1.165, 1.54) is 7.11 Å². The van der Waals surface area contributed by atoms with Gasteiger partial charge < -0.3 is 9.84 Å². The van der Waals surface area contributed by atoms with Gasteiger partial charge in [0.05, 0.1) is 13.2 Å². The van der Waals surface area contributed by atoms with Gasteiger partial charge in [-0.25, -0.2) is 0 Å². The molecule has 16 heavy (non-hydrogen) atoms. The summed E-state index contributed by atoms with van der Waals surface area (Å²) in [6, 6.07) is -0.149. The van der Waals surface area contributed by atoms with Crippen LogP contribution in [-0.4, -0.2) is 47.8 Å². The fourth-order valence-electron chi connectivity index (χ4n) is 2.49. The SMILES string of the molecule is CCC[C@H](C)N1CCC[C@@H](O)[C@@H]1C(=O)OC. The zero-order valence-electron chi connectivity index (χ0n) is 10.5. The van der Waals surface area contributed by atoms with E-state index in [2.05, 4.69) is 18.7 Å². The first-order chi connectivity index (χ1) is 7.61. The Hall–Kier alpha value is -0.610. The summed E-state index contributed by atoms with van der Waals surface area (Å²) >= 11 is 0. The molecular weight excluding hydrogens is 206 g/mol. The Morgan fingerprint density at radius 1 is 1.62 bits per heavy atom. The van der Waals surface area contributed by atoms with Crippen LogP contribution in [0.25, 0.3) is 0 Å². The second-order valence-corrected chi connectivity index (χ2v) is 4.55. The Balaban J connectivity index is 2.73. The molecule has 1 heterocycles. The molecule has 0 spiro atoms. The van der Waals surface area contributed by atoms with Crippen molar-refractivity contribution in [2.45, 2.75) is 57.7 Å². The fourth-order valence-corrected chi connectivity index (χ4v) is 2.49. The van der Waals surface area contributed by atoms with E-state index in [1.54, 1.807) is 0 Å². The fraction of sp³-hybridized carbons (Fsp3) is 0.917. The van der Waals surface area contributed by atoms with Crippen LogP contribution in [0.15, 0.2) is 0 Å². The van der Waals surface area contributed by atoms with Crippen molar-refractivity contribution < 1.29 is 14.6 Å². The lowest BCUT2D eigenvalue weighted by molar-refractivity contribution is -0.155. The average Bonchev–Trinajstić information content (AvgIpc) is 2.28. The largest absolute Gasteiger partial charge is 0.468 e. The van der Waals surface area contributed by atoms with E-state index in [0.29, 0.717) is 12.5 Å². The normalized spacial score (nSPS) is 28.8. The Morgan fingerprint density at radius 3 is 2.88 bits per heavy atom. The van der Waals surface area contributed by atoms with E-state index >= 15 is 0 Å². The molecule has 94 valence electrons. The van der Waals surface area contributed by atoms with Gasteiger partial charge >= 0.3 is 5.97 Å². The van der Waals surface area contributed by atoms with Gasteiger partial charge in [-0.1, -0.05) is 13.3 Å². The zero-order valence-corrected chi connectivity index (χ0v) is 10.5. The average molecular weight is 229 g/mol. The topological polar surface area (TPSA) is 49.8 Å². The Kier molecular flexibility index (Phi) is 5.22. The third kappa shape index (κ3) is 2.95. The number of carbonyl (C=O) groups excluding carboxylic acids is 1. The Morgan fingerprint density at radius 2 is 2.31 bits per heavy atom. The summed E-state index contributed by atoms with van der Waals surface area (Å²) in [5.74, 6) is -0.310. The number of rotatable bonds is 4. The smallest absolute Gasteiger partial charge is 0.325 e. The van der Waals surface area contributed by atoms with E-state index in [9.17, 15) is 9.90 Å². The van der Waals surface area contributed by atoms with Crippen molar-refractivity contribution in [2.24, 2.45) is 0 Å². The number of hydrogen-bond donors (Lipinski definition) is 1. The van der Waals surface area contributed by atoms with Crippen LogP contribution in [0.2, 0.25) is 0 Å². The van der Waals surface area contributed by atoms with Crippen molar-refractivity contribution in [2.75, 3.05) is 13.7 Å². The van der Waals surface area contributed by atoms with Crippen molar-refractivity contribution in [1.29, 1.82) is 0 Å². The predicted octanol–water partition coefficient (Wildman–Crippen LogP) is 1.17. The highest BCUT2D eigenvalue weighted by Gasteiger charge is 2.38. The van der Waals surface area contributed by atoms with Crippen molar-refractivity contribution in [3.8, 4) is 0 Å². The zero-order chi connectivity index (χ0) is 12.1. The quantitative estimate of drug-likeness (QED) is 0.735. The second-order valence-electron chi connectivity index (χ2n) is 4.55. The molecule has 0 radical (unpaired) electrons. The van der Waals surface area contributed by atoms with Gasteiger partial charge in [0.1, 0.15) is 6.04 Å². The number of aliphatic hydroxyl groups is 1. The minimum atomic E-state index is -0.583. The maximum absolute atomic E-state index is 11.7. The van der Waals surface area contributed by atoms with Crippen LogP contribution < -0.4 is 0 Å². The van der Waals surface area contributed by atoms with Gasteiger partial charge in [-0.05, 0) is 32.7 Å². The van der Waals surface area contributed by atoms with E-state index in [4.69, 9.17) is 4.74 Å². The molecule has 1 rings (SSSR count). The van der Waals surface area contributed by atoms with Crippen molar-refractivity contribution >= 4 is 5.97 Å². The lowest BCUT2D eigenvalue weighted by Crippen LogP contribution is -2.56. The number of carbonyl (C=O) groups is 1. The lowest BCUT2D eigenvalue weighted by Gasteiger charge is -2.40. The summed E-state index contributed by atoms with van der Waals surface area (Å²) in [6.45, 7) is 5.11. The molecule has 4 nitrogen and oxygen atoms in total. The van der Waals surface area contributed by atoms with Gasteiger partial charge in [0, 0.05) is 6.04 Å². The highest BCUT2D eigenvalue weighted by Crippen LogP contribution is 2.23. The number of ether oxygens (including phenoxy) is 1. The van der Waals surface area contributed by atoms with Crippen LogP contribution in [0.5, 0.6) is 0 Å². The van der Waals surface area contributed by atoms with E-state index in [1.807, 2.05) is 0 Å². The van der Waals surface area contributed by atoms with Gasteiger partial charge in [0.25, 0.3) is 0 Å². The maximum atomic E-state index is 11.7. The van der Waals surface area contributed by atoms with E-state index in [-0.39, 0.29) is 5.97 Å². The summed E-state index contributed by atoms with van der Waals surface area (Å²) in [7, 11) is 1.38. The minimum Gasteiger partial charge on any atom is -0.468 e. The number of nitrogens with zero attached hydrogens (tertiary/aromatic N) is 1. The molecular formula is C12H23NO3. The highest BCUT2D eigenvalue weighted by molar-refractivity contribution is 5.76. The Labute approximate surface area is 97.6 Å². The van der Waals surface area contributed by atoms with Crippen molar-refractivity contribution in [3.63, 3.8) is 0 Å². The molecule has 0 aromatic rings. The molecule has 0 aliphatic carbocycles. The molecule has 1 saturated heterocycles. The summed E-state index contributed by atoms with van der Waals surface area (Å²) in [5.41, 5.74) is 0. The van der Waals surface area contributed by atoms with Crippen LogP contribution >= 0.6 is 0 Å². The second kappa shape index (κ2) is 6.21. The number of hydrogen-bond acceptors (Lipinski definition) is 4. The monoisotopic (exact) mass is 229 g/mol. The molecule has 1 N–H and O–H groups in total. The number of aliphatic hydroxyl groups excluding tert-OH is 1. The van der Waals surface area contributed by atoms with Crippen LogP contribution in [0.1, 0.15) is 39.5 Å². The van der Waals surface area contributed by atoms with Gasteiger partial charge in [-0.3, -0.25) is 9.69 Å². The molecule has 0 saturated carbocycles. The first-order valence-corrected chi connectivity index (χ1v) is 6.13. The van der Waals surface area contributed by atoms with E-state index in [0.717, 1.165) is 25.8 Å². The molecule has 1 fully saturated rings. The summed E-state index contributed by atoms with van der Waals surface area (Å²) in [6.07, 6.45) is 3.18. The predicted molar refractivity (Wildman–Crippen MR) is 62.1 cm³/mol. The summed E-state index contributed by atoms with van der Waals surface area (Å²) in [4.78, 5) is 13.8. The van der Waals surface area contributed by atoms with Crippen LogP contribution in [0.3, 0.4) is 0 Å². The maximum Gasteiger partial charge on any atom is 0.325 e. The third-order valence-corrected chi connectivity index (χ3v) is 3.35. The van der Waals surface area contributed by atoms with Crippen molar-refractivity contribution in [1.82, 2.24) is 4.90 Å². The minimum absolute atomic E-state index is 0.310. The number of esters is 1. The van der Waals surface area contributed by atoms with Crippen LogP contribution in [0, 0.1) is 0 Å². The lowest BCUT2D eigenvalue weighted by atomic mass is 9.96. The molecule has 1 aliphatic heterocycles. The first-order valence-electron chi connectivity index (χ1n) is 6.13. The van der Waals surface area contributed by atoms with Crippen LogP contribution in [-0.2, 0) is 9.53 Å². The van der Waals surface area contributed by atoms with Gasteiger partial charge in [0.15, 0.2) is 0 Å². The number of piperidine rings is 1. The van der Waals surface area contributed by atoms with Gasteiger partial charge in [-0.15, -0.1) is 0 Å². The molecule has 1 aliphatic rings. The number of likely N-dealkylation sites (tertiary alicyclic amines) is 1. The first kappa shape index (κ1) is 13.5. The van der Waals surface area contributed by atoms with Crippen LogP contribution in [0.4, 0.5) is 0 Å². The summed E-state index contributed by atoms with van der Waals surface area (Å²) < 4.78 is 4.78. The highest BCUT2D eigenvalue weighted by atomic mass is 16.5. The van der Waals surface area contributed by atoms with E-state index < -0.39 is 12.1 Å². The van der Waals surface area contributed by atoms with Gasteiger partial charge in [0.2, 0.25) is 0 Å². The third-order valence-electron chi connectivity index (χ3n) is 3.35. The standard InChI is InChI=1S/C12H23NO3/c1-4-6-9(2)13-8-5-7-10(14)11(13)12(15)16-3/h9-11,14H,4-8H2,1-3H3/t9-,10+,11+/m0/s1. The molecule has 0 aromatic carbocycles. The molecule has 3 atom stereocenters. The Bertz CT molecular complexity index is 232. The number of methoxy groups -OCH3 is 1. The van der Waals surface area contributed by atoms with Crippen molar-refractivity contribution in [3.05, 3.63) is 0 Å². The molecule has 0 amide bonds. The molecule has 4 heteroatoms. The van der Waals surface area contributed by atoms with Gasteiger partial charge in [-0.2, -0.15) is 0 Å². The molecule has 0 bridgehead atoms. The summed E-state index contributed by atoms with van der Waals surface area (Å²) in [5, 5.41) is 9.92.